The standard InChI is InChI=1S/C13H22O5/c14-10-8-18-12(13(15)16)6-11(10)17-7-9-4-2-1-3-5-9/h9-12,14H,1-8H2,(H,15,16)/p-1/t10?,11-,12?/m0/s1. The second-order valence-electron chi connectivity index (χ2n) is 5.32. The minimum Gasteiger partial charge on any atom is -0.547 e. The summed E-state index contributed by atoms with van der Waals surface area (Å²) < 4.78 is 10.7. The molecule has 5 heteroatoms. The van der Waals surface area contributed by atoms with Crippen molar-refractivity contribution in [2.75, 3.05) is 13.2 Å². The smallest absolute Gasteiger partial charge is 0.104 e. The largest absolute Gasteiger partial charge is 0.547 e. The van der Waals surface area contributed by atoms with Crippen LogP contribution in [0.25, 0.3) is 0 Å². The van der Waals surface area contributed by atoms with Crippen molar-refractivity contribution in [1.82, 2.24) is 0 Å². The van der Waals surface area contributed by atoms with Crippen molar-refractivity contribution in [3.05, 3.63) is 0 Å². The van der Waals surface area contributed by atoms with E-state index in [9.17, 15) is 15.0 Å². The molecule has 1 aliphatic heterocycles. The van der Waals surface area contributed by atoms with Crippen LogP contribution in [0.3, 0.4) is 0 Å². The Hall–Kier alpha value is -0.650. The Morgan fingerprint density at radius 3 is 2.72 bits per heavy atom. The molecule has 2 aliphatic rings. The molecule has 1 saturated carbocycles. The highest BCUT2D eigenvalue weighted by molar-refractivity contribution is 5.70. The topological polar surface area (TPSA) is 78.8 Å². The van der Waals surface area contributed by atoms with E-state index >= 15 is 0 Å². The van der Waals surface area contributed by atoms with Crippen molar-refractivity contribution >= 4 is 5.97 Å². The molecule has 18 heavy (non-hydrogen) atoms. The van der Waals surface area contributed by atoms with Crippen molar-refractivity contribution in [3.8, 4) is 0 Å². The van der Waals surface area contributed by atoms with Crippen LogP contribution in [0.15, 0.2) is 0 Å². The maximum atomic E-state index is 10.7. The third kappa shape index (κ3) is 3.67. The molecule has 5 nitrogen and oxygen atoms in total. The molecule has 1 saturated heterocycles. The second kappa shape index (κ2) is 6.50. The van der Waals surface area contributed by atoms with Crippen LogP contribution in [0.2, 0.25) is 0 Å². The van der Waals surface area contributed by atoms with E-state index in [0.717, 1.165) is 0 Å². The SMILES string of the molecule is O=C([O-])C1C[C@H](OCC2CCCCC2)C(O)CO1. The van der Waals surface area contributed by atoms with Crippen LogP contribution in [-0.2, 0) is 14.3 Å². The normalized spacial score (nSPS) is 34.4. The van der Waals surface area contributed by atoms with Gasteiger partial charge in [-0.1, -0.05) is 19.3 Å². The molecule has 1 N–H and O–H groups in total. The van der Waals surface area contributed by atoms with E-state index in [1.165, 1.54) is 32.1 Å². The number of carboxylic acids is 1. The number of aliphatic hydroxyl groups is 1. The molecule has 0 radical (unpaired) electrons. The Balaban J connectivity index is 1.77. The summed E-state index contributed by atoms with van der Waals surface area (Å²) in [4.78, 5) is 10.7. The second-order valence-corrected chi connectivity index (χ2v) is 5.32. The molecule has 3 atom stereocenters. The molecular weight excluding hydrogens is 236 g/mol. The summed E-state index contributed by atoms with van der Waals surface area (Å²) in [5.41, 5.74) is 0. The molecule has 0 spiro atoms. The maximum Gasteiger partial charge on any atom is 0.104 e. The van der Waals surface area contributed by atoms with Gasteiger partial charge in [-0.05, 0) is 18.8 Å². The Morgan fingerprint density at radius 2 is 2.06 bits per heavy atom. The van der Waals surface area contributed by atoms with E-state index < -0.39 is 24.3 Å². The first-order chi connectivity index (χ1) is 8.66. The van der Waals surface area contributed by atoms with Gasteiger partial charge in [-0.2, -0.15) is 0 Å². The van der Waals surface area contributed by atoms with Crippen LogP contribution in [0.1, 0.15) is 38.5 Å². The molecule has 0 amide bonds. The number of carbonyl (C=O) groups excluding carboxylic acids is 1. The summed E-state index contributed by atoms with van der Waals surface area (Å²) in [7, 11) is 0. The van der Waals surface area contributed by atoms with Gasteiger partial charge in [0.05, 0.1) is 24.8 Å². The number of aliphatic carboxylic acids is 1. The molecule has 0 aromatic carbocycles. The van der Waals surface area contributed by atoms with Crippen LogP contribution in [0, 0.1) is 5.92 Å². The lowest BCUT2D eigenvalue weighted by Gasteiger charge is -2.35. The number of carbonyl (C=O) groups is 1. The number of carboxylic acid groups (broad SMARTS) is 1. The van der Waals surface area contributed by atoms with Gasteiger partial charge < -0.3 is 24.5 Å². The highest BCUT2D eigenvalue weighted by atomic mass is 16.5. The molecule has 2 rings (SSSR count). The van der Waals surface area contributed by atoms with Gasteiger partial charge in [0, 0.05) is 13.0 Å². The lowest BCUT2D eigenvalue weighted by Crippen LogP contribution is -2.49. The molecule has 1 heterocycles. The summed E-state index contributed by atoms with van der Waals surface area (Å²) in [6.45, 7) is 0.621. The van der Waals surface area contributed by atoms with Gasteiger partial charge in [0.2, 0.25) is 0 Å². The third-order valence-electron chi connectivity index (χ3n) is 3.88. The number of rotatable bonds is 4. The van der Waals surface area contributed by atoms with E-state index in [-0.39, 0.29) is 13.0 Å². The Labute approximate surface area is 107 Å². The zero-order valence-electron chi connectivity index (χ0n) is 10.5. The highest BCUT2D eigenvalue weighted by Gasteiger charge is 2.31. The van der Waals surface area contributed by atoms with Gasteiger partial charge >= 0.3 is 0 Å². The Kier molecular flexibility index (Phi) is 4.97. The van der Waals surface area contributed by atoms with E-state index in [0.29, 0.717) is 12.5 Å². The van der Waals surface area contributed by atoms with Crippen LogP contribution in [0.5, 0.6) is 0 Å². The minimum absolute atomic E-state index is 0.00792. The first kappa shape index (κ1) is 13.8. The fourth-order valence-corrected chi connectivity index (χ4v) is 2.72. The van der Waals surface area contributed by atoms with Crippen LogP contribution in [-0.4, -0.2) is 42.6 Å². The first-order valence-corrected chi connectivity index (χ1v) is 6.79. The molecular formula is C13H21O5-. The monoisotopic (exact) mass is 257 g/mol. The fourth-order valence-electron chi connectivity index (χ4n) is 2.72. The first-order valence-electron chi connectivity index (χ1n) is 6.79. The van der Waals surface area contributed by atoms with Gasteiger partial charge in [-0.25, -0.2) is 0 Å². The number of hydrogen-bond donors (Lipinski definition) is 1. The van der Waals surface area contributed by atoms with Crippen LogP contribution >= 0.6 is 0 Å². The fraction of sp³-hybridized carbons (Fsp3) is 0.923. The molecule has 0 aromatic heterocycles. The van der Waals surface area contributed by atoms with Crippen molar-refractivity contribution in [1.29, 1.82) is 0 Å². The number of ether oxygens (including phenoxy) is 2. The zero-order valence-corrected chi connectivity index (χ0v) is 10.5. The zero-order chi connectivity index (χ0) is 13.0. The minimum atomic E-state index is -1.23. The summed E-state index contributed by atoms with van der Waals surface area (Å²) in [6.07, 6.45) is 4.17. The highest BCUT2D eigenvalue weighted by Crippen LogP contribution is 2.25. The predicted molar refractivity (Wildman–Crippen MR) is 61.7 cm³/mol. The van der Waals surface area contributed by atoms with E-state index in [4.69, 9.17) is 9.47 Å². The quantitative estimate of drug-likeness (QED) is 0.758. The van der Waals surface area contributed by atoms with Crippen molar-refractivity contribution in [3.63, 3.8) is 0 Å². The lowest BCUT2D eigenvalue weighted by atomic mass is 9.90. The van der Waals surface area contributed by atoms with E-state index in [1.54, 1.807) is 0 Å². The molecule has 104 valence electrons. The summed E-state index contributed by atoms with van der Waals surface area (Å²) in [5, 5.41) is 20.5. The summed E-state index contributed by atoms with van der Waals surface area (Å²) in [6, 6.07) is 0. The van der Waals surface area contributed by atoms with Crippen molar-refractivity contribution < 1.29 is 24.5 Å². The van der Waals surface area contributed by atoms with E-state index in [2.05, 4.69) is 0 Å². The van der Waals surface area contributed by atoms with Gasteiger partial charge in [0.1, 0.15) is 6.10 Å². The molecule has 2 fully saturated rings. The van der Waals surface area contributed by atoms with Gasteiger partial charge in [0.15, 0.2) is 0 Å². The van der Waals surface area contributed by atoms with Gasteiger partial charge in [-0.3, -0.25) is 0 Å². The van der Waals surface area contributed by atoms with Crippen molar-refractivity contribution in [2.24, 2.45) is 5.92 Å². The summed E-state index contributed by atoms with van der Waals surface area (Å²) >= 11 is 0. The Bertz CT molecular complexity index is 275. The maximum absolute atomic E-state index is 10.7. The molecule has 1 aliphatic carbocycles. The average Bonchev–Trinajstić information content (AvgIpc) is 2.38. The van der Waals surface area contributed by atoms with Gasteiger partial charge in [-0.15, -0.1) is 0 Å². The van der Waals surface area contributed by atoms with Gasteiger partial charge in [0.25, 0.3) is 0 Å². The van der Waals surface area contributed by atoms with Crippen LogP contribution in [0.4, 0.5) is 0 Å². The average molecular weight is 257 g/mol. The predicted octanol–water partition coefficient (Wildman–Crippen LogP) is -0.148. The van der Waals surface area contributed by atoms with Crippen molar-refractivity contribution in [2.45, 2.75) is 56.8 Å². The Morgan fingerprint density at radius 1 is 1.33 bits per heavy atom. The lowest BCUT2D eigenvalue weighted by molar-refractivity contribution is -0.321. The molecule has 2 unspecified atom stereocenters. The third-order valence-corrected chi connectivity index (χ3v) is 3.88. The molecule has 0 aromatic rings. The van der Waals surface area contributed by atoms with Crippen LogP contribution < -0.4 is 5.11 Å². The number of aliphatic hydroxyl groups excluding tert-OH is 1. The number of hydrogen-bond acceptors (Lipinski definition) is 5. The summed E-state index contributed by atoms with van der Waals surface area (Å²) in [5.74, 6) is -0.677. The van der Waals surface area contributed by atoms with E-state index in [1.807, 2.05) is 0 Å². The molecule has 0 bridgehead atoms.